The summed E-state index contributed by atoms with van der Waals surface area (Å²) < 4.78 is 5.68. The van der Waals surface area contributed by atoms with Gasteiger partial charge in [0.05, 0.1) is 13.2 Å². The van der Waals surface area contributed by atoms with Gasteiger partial charge < -0.3 is 10.1 Å². The lowest BCUT2D eigenvalue weighted by atomic mass is 9.93. The summed E-state index contributed by atoms with van der Waals surface area (Å²) in [5.74, 6) is 0. The van der Waals surface area contributed by atoms with Crippen molar-refractivity contribution in [2.24, 2.45) is 0 Å². The number of rotatable bonds is 7. The van der Waals surface area contributed by atoms with Gasteiger partial charge in [0.2, 0.25) is 0 Å². The normalized spacial score (nSPS) is 22.9. The van der Waals surface area contributed by atoms with Crippen molar-refractivity contribution in [3.8, 4) is 0 Å². The van der Waals surface area contributed by atoms with E-state index in [0.717, 1.165) is 39.1 Å². The molecule has 1 N–H and O–H groups in total. The van der Waals surface area contributed by atoms with Gasteiger partial charge in [-0.15, -0.1) is 0 Å². The largest absolute Gasteiger partial charge is 0.378 e. The topological polar surface area (TPSA) is 24.5 Å². The molecule has 0 radical (unpaired) electrons. The van der Waals surface area contributed by atoms with Crippen molar-refractivity contribution >= 4 is 0 Å². The molecule has 1 heterocycles. The fraction of sp³-hybridized carbons (Fsp3) is 0.667. The second kappa shape index (κ2) is 8.52. The Bertz CT molecular complexity index is 395. The fourth-order valence-electron chi connectivity index (χ4n) is 3.47. The van der Waals surface area contributed by atoms with Crippen molar-refractivity contribution in [2.75, 3.05) is 26.3 Å². The van der Waals surface area contributed by atoms with Crippen LogP contribution in [0.25, 0.3) is 0 Å². The van der Waals surface area contributed by atoms with Gasteiger partial charge in [-0.25, -0.2) is 0 Å². The molecule has 0 aliphatic carbocycles. The van der Waals surface area contributed by atoms with Gasteiger partial charge in [0, 0.05) is 24.7 Å². The van der Waals surface area contributed by atoms with E-state index >= 15 is 0 Å². The van der Waals surface area contributed by atoms with Gasteiger partial charge >= 0.3 is 0 Å². The Balaban J connectivity index is 2.22. The zero-order valence-corrected chi connectivity index (χ0v) is 13.7. The van der Waals surface area contributed by atoms with Crippen LogP contribution < -0.4 is 5.32 Å². The highest BCUT2D eigenvalue weighted by Crippen LogP contribution is 2.27. The van der Waals surface area contributed by atoms with E-state index in [-0.39, 0.29) is 0 Å². The van der Waals surface area contributed by atoms with Crippen LogP contribution in [0, 0.1) is 0 Å². The van der Waals surface area contributed by atoms with Gasteiger partial charge in [-0.3, -0.25) is 4.90 Å². The van der Waals surface area contributed by atoms with Gasteiger partial charge in [0.1, 0.15) is 0 Å². The molecule has 1 aromatic rings. The minimum absolute atomic E-state index is 0.397. The highest BCUT2D eigenvalue weighted by Gasteiger charge is 2.32. The number of likely N-dealkylation sites (N-methyl/N-ethyl adjacent to an activating group) is 1. The Kier molecular flexibility index (Phi) is 6.68. The summed E-state index contributed by atoms with van der Waals surface area (Å²) >= 11 is 0. The molecular formula is C18H30N2O. The highest BCUT2D eigenvalue weighted by atomic mass is 16.5. The van der Waals surface area contributed by atoms with E-state index in [9.17, 15) is 0 Å². The van der Waals surface area contributed by atoms with Crippen LogP contribution in [0.15, 0.2) is 30.3 Å². The van der Waals surface area contributed by atoms with Gasteiger partial charge in [-0.1, -0.05) is 51.1 Å². The molecule has 1 aliphatic rings. The van der Waals surface area contributed by atoms with Crippen molar-refractivity contribution in [1.82, 2.24) is 10.2 Å². The van der Waals surface area contributed by atoms with E-state index in [0.29, 0.717) is 18.1 Å². The third-order valence-corrected chi connectivity index (χ3v) is 4.56. The molecule has 0 bridgehead atoms. The van der Waals surface area contributed by atoms with Gasteiger partial charge in [-0.2, -0.15) is 0 Å². The van der Waals surface area contributed by atoms with Crippen molar-refractivity contribution in [1.29, 1.82) is 0 Å². The maximum absolute atomic E-state index is 5.68. The molecule has 0 amide bonds. The molecule has 118 valence electrons. The smallest absolute Gasteiger partial charge is 0.0622 e. The second-order valence-electron chi connectivity index (χ2n) is 5.80. The molecule has 2 rings (SSSR count). The Hall–Kier alpha value is -0.900. The van der Waals surface area contributed by atoms with E-state index < -0.39 is 0 Å². The van der Waals surface area contributed by atoms with E-state index in [4.69, 9.17) is 4.74 Å². The predicted octanol–water partition coefficient (Wildman–Crippen LogP) is 3.23. The number of hydrogen-bond donors (Lipinski definition) is 1. The summed E-state index contributed by atoms with van der Waals surface area (Å²) in [5, 5.41) is 3.71. The van der Waals surface area contributed by atoms with Crippen molar-refractivity contribution in [2.45, 2.75) is 51.7 Å². The first-order valence-corrected chi connectivity index (χ1v) is 8.43. The van der Waals surface area contributed by atoms with E-state index in [2.05, 4.69) is 61.3 Å². The summed E-state index contributed by atoms with van der Waals surface area (Å²) in [6.45, 7) is 10.5. The van der Waals surface area contributed by atoms with Crippen LogP contribution >= 0.6 is 0 Å². The standard InChI is InChI=1S/C18H30N2O/c1-4-16-14-21-13-12-20(16)17(5-2)18(19-6-3)15-10-8-7-9-11-15/h7-11,16-19H,4-6,12-14H2,1-3H3. The summed E-state index contributed by atoms with van der Waals surface area (Å²) in [6, 6.07) is 12.3. The first-order valence-electron chi connectivity index (χ1n) is 8.43. The first-order chi connectivity index (χ1) is 10.3. The molecule has 1 fully saturated rings. The van der Waals surface area contributed by atoms with Gasteiger partial charge in [-0.05, 0) is 24.9 Å². The van der Waals surface area contributed by atoms with Crippen LogP contribution in [0.5, 0.6) is 0 Å². The van der Waals surface area contributed by atoms with Crippen molar-refractivity contribution in [3.05, 3.63) is 35.9 Å². The van der Waals surface area contributed by atoms with E-state index in [1.807, 2.05) is 0 Å². The monoisotopic (exact) mass is 290 g/mol. The fourth-order valence-corrected chi connectivity index (χ4v) is 3.47. The lowest BCUT2D eigenvalue weighted by molar-refractivity contribution is -0.0387. The second-order valence-corrected chi connectivity index (χ2v) is 5.80. The molecule has 1 aliphatic heterocycles. The van der Waals surface area contributed by atoms with Gasteiger partial charge in [0.25, 0.3) is 0 Å². The van der Waals surface area contributed by atoms with Crippen molar-refractivity contribution < 1.29 is 4.74 Å². The molecule has 0 saturated carbocycles. The van der Waals surface area contributed by atoms with Crippen LogP contribution in [0.4, 0.5) is 0 Å². The van der Waals surface area contributed by atoms with Crippen LogP contribution in [0.3, 0.4) is 0 Å². The summed E-state index contributed by atoms with van der Waals surface area (Å²) in [7, 11) is 0. The molecule has 0 aromatic heterocycles. The van der Waals surface area contributed by atoms with Crippen LogP contribution in [0.1, 0.15) is 45.2 Å². The van der Waals surface area contributed by atoms with Crippen molar-refractivity contribution in [3.63, 3.8) is 0 Å². The lowest BCUT2D eigenvalue weighted by Crippen LogP contribution is -2.54. The first kappa shape index (κ1) is 16.5. The molecule has 3 nitrogen and oxygen atoms in total. The maximum atomic E-state index is 5.68. The number of nitrogens with one attached hydrogen (secondary N) is 1. The quantitative estimate of drug-likeness (QED) is 0.834. The van der Waals surface area contributed by atoms with Gasteiger partial charge in [0.15, 0.2) is 0 Å². The molecule has 0 spiro atoms. The molecule has 3 atom stereocenters. The molecule has 1 aromatic carbocycles. The Morgan fingerprint density at radius 2 is 2.00 bits per heavy atom. The minimum Gasteiger partial charge on any atom is -0.378 e. The lowest BCUT2D eigenvalue weighted by Gasteiger charge is -2.44. The van der Waals surface area contributed by atoms with Crippen LogP contribution in [0.2, 0.25) is 0 Å². The predicted molar refractivity (Wildman–Crippen MR) is 88.5 cm³/mol. The van der Waals surface area contributed by atoms with Crippen LogP contribution in [-0.4, -0.2) is 43.3 Å². The highest BCUT2D eigenvalue weighted by molar-refractivity contribution is 5.21. The number of morpholine rings is 1. The average molecular weight is 290 g/mol. The molecule has 1 saturated heterocycles. The molecule has 21 heavy (non-hydrogen) atoms. The number of hydrogen-bond acceptors (Lipinski definition) is 3. The zero-order valence-electron chi connectivity index (χ0n) is 13.7. The Morgan fingerprint density at radius 3 is 2.62 bits per heavy atom. The number of nitrogens with zero attached hydrogens (tertiary/aromatic N) is 1. The van der Waals surface area contributed by atoms with E-state index in [1.165, 1.54) is 5.56 Å². The third kappa shape index (κ3) is 4.06. The minimum atomic E-state index is 0.397. The summed E-state index contributed by atoms with van der Waals surface area (Å²) in [6.07, 6.45) is 2.31. The molecular weight excluding hydrogens is 260 g/mol. The molecule has 3 unspecified atom stereocenters. The number of benzene rings is 1. The summed E-state index contributed by atoms with van der Waals surface area (Å²) in [5.41, 5.74) is 1.40. The van der Waals surface area contributed by atoms with E-state index in [1.54, 1.807) is 0 Å². The zero-order chi connectivity index (χ0) is 15.1. The molecule has 3 heteroatoms. The average Bonchev–Trinajstić information content (AvgIpc) is 2.56. The Labute approximate surface area is 129 Å². The number of ether oxygens (including phenoxy) is 1. The SMILES string of the molecule is CCNC(c1ccccc1)C(CC)N1CCOCC1CC. The summed E-state index contributed by atoms with van der Waals surface area (Å²) in [4.78, 5) is 2.67. The Morgan fingerprint density at radius 1 is 1.24 bits per heavy atom. The third-order valence-electron chi connectivity index (χ3n) is 4.56. The van der Waals surface area contributed by atoms with Crippen LogP contribution in [-0.2, 0) is 4.74 Å². The maximum Gasteiger partial charge on any atom is 0.0622 e.